The average Bonchev–Trinajstić information content (AvgIpc) is 2.79. The summed E-state index contributed by atoms with van der Waals surface area (Å²) in [5.41, 5.74) is 2.28. The van der Waals surface area contributed by atoms with Crippen molar-refractivity contribution in [2.75, 3.05) is 13.7 Å². The van der Waals surface area contributed by atoms with E-state index in [1.807, 2.05) is 16.8 Å². The summed E-state index contributed by atoms with van der Waals surface area (Å²) in [6.07, 6.45) is 1.92. The van der Waals surface area contributed by atoms with Crippen LogP contribution in [0.3, 0.4) is 0 Å². The molecule has 0 bridgehead atoms. The first kappa shape index (κ1) is 12.6. The van der Waals surface area contributed by atoms with Crippen LogP contribution < -0.4 is 5.32 Å². The topological polar surface area (TPSA) is 43.3 Å². The highest BCUT2D eigenvalue weighted by atomic mass is 16.5. The molecule has 0 fully saturated rings. The summed E-state index contributed by atoms with van der Waals surface area (Å²) < 4.78 is 6.61. The van der Waals surface area contributed by atoms with Crippen molar-refractivity contribution < 1.29 is 9.53 Å². The van der Waals surface area contributed by atoms with Gasteiger partial charge in [-0.1, -0.05) is 19.1 Å². The monoisotopic (exact) mass is 246 g/mol. The number of esters is 1. The van der Waals surface area contributed by atoms with Gasteiger partial charge < -0.3 is 14.6 Å². The zero-order valence-electron chi connectivity index (χ0n) is 10.8. The molecule has 2 aromatic rings. The maximum absolute atomic E-state index is 11.3. The van der Waals surface area contributed by atoms with E-state index < -0.39 is 0 Å². The number of nitrogens with one attached hydrogen (secondary N) is 1. The molecule has 1 N–H and O–H groups in total. The number of fused-ring (bicyclic) bond motifs is 1. The third kappa shape index (κ3) is 2.71. The zero-order valence-corrected chi connectivity index (χ0v) is 10.8. The number of ether oxygens (including phenoxy) is 1. The van der Waals surface area contributed by atoms with Crippen LogP contribution >= 0.6 is 0 Å². The summed E-state index contributed by atoms with van der Waals surface area (Å²) in [5.74, 6) is -0.232. The largest absolute Gasteiger partial charge is 0.468 e. The minimum atomic E-state index is -0.232. The molecule has 4 nitrogen and oxygen atoms in total. The lowest BCUT2D eigenvalue weighted by Gasteiger charge is -2.06. The number of hydrogen-bond acceptors (Lipinski definition) is 3. The number of carbonyl (C=O) groups excluding carboxylic acids is 1. The fourth-order valence-electron chi connectivity index (χ4n) is 1.95. The van der Waals surface area contributed by atoms with Gasteiger partial charge >= 0.3 is 5.97 Å². The number of carbonyl (C=O) groups is 1. The van der Waals surface area contributed by atoms with Crippen LogP contribution in [-0.2, 0) is 22.6 Å². The van der Waals surface area contributed by atoms with Gasteiger partial charge in [0, 0.05) is 18.3 Å². The van der Waals surface area contributed by atoms with Crippen LogP contribution in [0.15, 0.2) is 30.5 Å². The Balaban J connectivity index is 2.28. The van der Waals surface area contributed by atoms with Crippen LogP contribution in [-0.4, -0.2) is 24.2 Å². The predicted molar refractivity (Wildman–Crippen MR) is 71.3 cm³/mol. The summed E-state index contributed by atoms with van der Waals surface area (Å²) in [6, 6.07) is 8.31. The summed E-state index contributed by atoms with van der Waals surface area (Å²) in [5, 5.41) is 4.43. The van der Waals surface area contributed by atoms with Crippen LogP contribution in [0.2, 0.25) is 0 Å². The molecule has 4 heteroatoms. The van der Waals surface area contributed by atoms with E-state index in [4.69, 9.17) is 4.74 Å². The van der Waals surface area contributed by atoms with E-state index >= 15 is 0 Å². The number of methoxy groups -OCH3 is 1. The van der Waals surface area contributed by atoms with Crippen LogP contribution in [0.25, 0.3) is 10.9 Å². The molecule has 0 radical (unpaired) electrons. The Bertz CT molecular complexity index is 546. The molecule has 96 valence electrons. The molecule has 0 aliphatic carbocycles. The Morgan fingerprint density at radius 3 is 2.94 bits per heavy atom. The molecule has 0 amide bonds. The summed E-state index contributed by atoms with van der Waals surface area (Å²) in [6.45, 7) is 4.13. The predicted octanol–water partition coefficient (Wildman–Crippen LogP) is 1.92. The van der Waals surface area contributed by atoms with Gasteiger partial charge in [-0.15, -0.1) is 0 Å². The first-order valence-corrected chi connectivity index (χ1v) is 6.10. The van der Waals surface area contributed by atoms with Crippen molar-refractivity contribution >= 4 is 16.9 Å². The Hall–Kier alpha value is -1.81. The van der Waals surface area contributed by atoms with Crippen molar-refractivity contribution in [2.45, 2.75) is 20.0 Å². The van der Waals surface area contributed by atoms with Gasteiger partial charge in [-0.25, -0.2) is 0 Å². The molecule has 0 aliphatic rings. The first-order valence-electron chi connectivity index (χ1n) is 6.10. The van der Waals surface area contributed by atoms with Gasteiger partial charge in [0.05, 0.1) is 7.11 Å². The fraction of sp³-hybridized carbons (Fsp3) is 0.357. The normalized spacial score (nSPS) is 10.8. The van der Waals surface area contributed by atoms with Gasteiger partial charge in [-0.05, 0) is 29.6 Å². The van der Waals surface area contributed by atoms with Crippen LogP contribution in [0, 0.1) is 0 Å². The maximum atomic E-state index is 11.3. The van der Waals surface area contributed by atoms with Crippen molar-refractivity contribution in [1.29, 1.82) is 0 Å². The number of rotatable bonds is 5. The summed E-state index contributed by atoms with van der Waals surface area (Å²) in [4.78, 5) is 11.3. The zero-order chi connectivity index (χ0) is 13.0. The minimum Gasteiger partial charge on any atom is -0.468 e. The molecule has 0 unspecified atom stereocenters. The molecule has 0 spiro atoms. The third-order valence-corrected chi connectivity index (χ3v) is 2.94. The van der Waals surface area contributed by atoms with Crippen molar-refractivity contribution in [3.63, 3.8) is 0 Å². The van der Waals surface area contributed by atoms with Crippen molar-refractivity contribution in [1.82, 2.24) is 9.88 Å². The molecule has 0 saturated heterocycles. The highest BCUT2D eigenvalue weighted by Crippen LogP contribution is 2.17. The van der Waals surface area contributed by atoms with E-state index in [1.54, 1.807) is 0 Å². The van der Waals surface area contributed by atoms with Crippen molar-refractivity contribution in [3.05, 3.63) is 36.0 Å². The van der Waals surface area contributed by atoms with E-state index in [9.17, 15) is 4.79 Å². The van der Waals surface area contributed by atoms with Crippen LogP contribution in [0.4, 0.5) is 0 Å². The Morgan fingerprint density at radius 2 is 2.22 bits per heavy atom. The molecular formula is C14H18N2O2. The average molecular weight is 246 g/mol. The van der Waals surface area contributed by atoms with Gasteiger partial charge in [0.1, 0.15) is 6.54 Å². The highest BCUT2D eigenvalue weighted by molar-refractivity contribution is 5.82. The smallest absolute Gasteiger partial charge is 0.325 e. The van der Waals surface area contributed by atoms with E-state index in [2.05, 4.69) is 30.4 Å². The Labute approximate surface area is 107 Å². The molecule has 0 saturated carbocycles. The number of aromatic nitrogens is 1. The lowest BCUT2D eigenvalue weighted by molar-refractivity contribution is -0.141. The van der Waals surface area contributed by atoms with Crippen LogP contribution in [0.5, 0.6) is 0 Å². The highest BCUT2D eigenvalue weighted by Gasteiger charge is 2.06. The van der Waals surface area contributed by atoms with E-state index in [1.165, 1.54) is 12.7 Å². The number of nitrogens with zero attached hydrogens (tertiary/aromatic N) is 1. The van der Waals surface area contributed by atoms with E-state index in [0.29, 0.717) is 0 Å². The molecule has 0 aliphatic heterocycles. The van der Waals surface area contributed by atoms with Gasteiger partial charge in [-0.2, -0.15) is 0 Å². The Kier molecular flexibility index (Phi) is 3.99. The second-order valence-corrected chi connectivity index (χ2v) is 4.19. The van der Waals surface area contributed by atoms with Crippen molar-refractivity contribution in [2.24, 2.45) is 0 Å². The second kappa shape index (κ2) is 5.69. The van der Waals surface area contributed by atoms with Gasteiger partial charge in [0.25, 0.3) is 0 Å². The van der Waals surface area contributed by atoms with Gasteiger partial charge in [0.2, 0.25) is 0 Å². The van der Waals surface area contributed by atoms with Crippen LogP contribution in [0.1, 0.15) is 12.5 Å². The maximum Gasteiger partial charge on any atom is 0.325 e. The molecule has 1 aromatic carbocycles. The summed E-state index contributed by atoms with van der Waals surface area (Å²) >= 11 is 0. The number of hydrogen-bond donors (Lipinski definition) is 1. The number of benzene rings is 1. The van der Waals surface area contributed by atoms with E-state index in [-0.39, 0.29) is 12.5 Å². The Morgan fingerprint density at radius 1 is 1.39 bits per heavy atom. The quantitative estimate of drug-likeness (QED) is 0.820. The molecule has 0 atom stereocenters. The first-order chi connectivity index (χ1) is 8.74. The molecule has 1 aromatic heterocycles. The van der Waals surface area contributed by atoms with Crippen molar-refractivity contribution in [3.8, 4) is 0 Å². The second-order valence-electron chi connectivity index (χ2n) is 4.19. The lowest BCUT2D eigenvalue weighted by atomic mass is 10.1. The molecule has 1 heterocycles. The van der Waals surface area contributed by atoms with E-state index in [0.717, 1.165) is 24.0 Å². The van der Waals surface area contributed by atoms with Gasteiger partial charge in [0.15, 0.2) is 0 Å². The standard InChI is InChI=1S/C14H18N2O2/c1-3-15-9-11-4-5-12-6-7-16(13(12)8-11)10-14(17)18-2/h4-8,15H,3,9-10H2,1-2H3. The molecular weight excluding hydrogens is 228 g/mol. The SMILES string of the molecule is CCNCc1ccc2ccn(CC(=O)OC)c2c1. The molecule has 18 heavy (non-hydrogen) atoms. The molecule has 2 rings (SSSR count). The van der Waals surface area contributed by atoms with Gasteiger partial charge in [-0.3, -0.25) is 4.79 Å². The lowest BCUT2D eigenvalue weighted by Crippen LogP contribution is -2.12. The third-order valence-electron chi connectivity index (χ3n) is 2.94. The minimum absolute atomic E-state index is 0.232. The summed E-state index contributed by atoms with van der Waals surface area (Å²) in [7, 11) is 1.41. The fourth-order valence-corrected chi connectivity index (χ4v) is 1.95.